The van der Waals surface area contributed by atoms with Gasteiger partial charge in [-0.1, -0.05) is 29.7 Å². The monoisotopic (exact) mass is 437 g/mol. The molecule has 0 saturated carbocycles. The number of aromatic amines is 1. The number of fused-ring (bicyclic) bond motifs is 7. The minimum atomic E-state index is -0.208. The largest absolute Gasteiger partial charge is 0.360 e. The van der Waals surface area contributed by atoms with Crippen LogP contribution in [-0.4, -0.2) is 52.4 Å². The first-order valence-corrected chi connectivity index (χ1v) is 12.0. The van der Waals surface area contributed by atoms with Gasteiger partial charge in [0.05, 0.1) is 11.6 Å². The Morgan fingerprint density at radius 3 is 2.97 bits per heavy atom. The van der Waals surface area contributed by atoms with Gasteiger partial charge in [-0.05, 0) is 68.7 Å². The van der Waals surface area contributed by atoms with Crippen LogP contribution in [0.5, 0.6) is 0 Å². The molecule has 0 radical (unpaired) electrons. The van der Waals surface area contributed by atoms with Gasteiger partial charge in [0.15, 0.2) is 0 Å². The summed E-state index contributed by atoms with van der Waals surface area (Å²) in [5, 5.41) is 1.08. The predicted octanol–water partition coefficient (Wildman–Crippen LogP) is 4.22. The fraction of sp³-hybridized carbons (Fsp3) is 0.520. The number of hydrogen-bond acceptors (Lipinski definition) is 3. The number of benzene rings is 1. The highest BCUT2D eigenvalue weighted by Gasteiger charge is 2.47. The third-order valence-corrected chi connectivity index (χ3v) is 8.23. The quantitative estimate of drug-likeness (QED) is 0.679. The second-order valence-corrected chi connectivity index (χ2v) is 10.2. The molecule has 1 amide bonds. The van der Waals surface area contributed by atoms with Gasteiger partial charge in [-0.15, -0.1) is 0 Å². The Kier molecular flexibility index (Phi) is 4.73. The number of H-pyrrole nitrogens is 1. The van der Waals surface area contributed by atoms with Gasteiger partial charge in [-0.25, -0.2) is 0 Å². The molecule has 2 bridgehead atoms. The average molecular weight is 438 g/mol. The molecule has 1 aromatic heterocycles. The van der Waals surface area contributed by atoms with Crippen LogP contribution < -0.4 is 5.43 Å². The van der Waals surface area contributed by atoms with Crippen LogP contribution in [0.4, 0.5) is 0 Å². The number of hydrogen-bond donors (Lipinski definition) is 1. The van der Waals surface area contributed by atoms with Gasteiger partial charge < -0.3 is 9.88 Å². The maximum Gasteiger partial charge on any atom is 0.259 e. The Balaban J connectivity index is 1.36. The van der Waals surface area contributed by atoms with Gasteiger partial charge >= 0.3 is 0 Å². The first kappa shape index (κ1) is 19.6. The van der Waals surface area contributed by atoms with Crippen LogP contribution in [-0.2, 0) is 0 Å². The smallest absolute Gasteiger partial charge is 0.259 e. The van der Waals surface area contributed by atoms with Crippen LogP contribution in [0.1, 0.15) is 48.9 Å². The number of piperidine rings is 3. The lowest BCUT2D eigenvalue weighted by molar-refractivity contribution is 0.00143. The van der Waals surface area contributed by atoms with Gasteiger partial charge in [0.2, 0.25) is 5.43 Å². The van der Waals surface area contributed by atoms with Gasteiger partial charge in [0.25, 0.3) is 5.91 Å². The highest BCUT2D eigenvalue weighted by atomic mass is 35.5. The fourth-order valence-electron chi connectivity index (χ4n) is 6.71. The van der Waals surface area contributed by atoms with Crippen molar-refractivity contribution in [1.82, 2.24) is 14.8 Å². The second kappa shape index (κ2) is 7.49. The van der Waals surface area contributed by atoms with Crippen molar-refractivity contribution < 1.29 is 4.79 Å². The Hall–Kier alpha value is -2.11. The summed E-state index contributed by atoms with van der Waals surface area (Å²) in [6, 6.07) is 5.97. The molecule has 3 saturated heterocycles. The number of pyridine rings is 1. The fourth-order valence-corrected chi connectivity index (χ4v) is 6.88. The number of amides is 1. The van der Waals surface area contributed by atoms with E-state index >= 15 is 0 Å². The maximum atomic E-state index is 13.7. The second-order valence-electron chi connectivity index (χ2n) is 9.73. The lowest BCUT2D eigenvalue weighted by Gasteiger charge is -2.54. The molecule has 162 valence electrons. The molecule has 4 atom stereocenters. The van der Waals surface area contributed by atoms with Crippen LogP contribution in [0, 0.1) is 11.8 Å². The SMILES string of the molecule is O=C(c1c[nH]c2cc(Cl)ccc2c1=O)N1CCCC2=C[C@H]3C[C@H](CN4CCCC[C@@H]34)[C@H]21. The maximum absolute atomic E-state index is 13.7. The van der Waals surface area contributed by atoms with E-state index in [-0.39, 0.29) is 22.9 Å². The van der Waals surface area contributed by atoms with E-state index in [0.29, 0.717) is 33.8 Å². The minimum absolute atomic E-state index is 0.132. The van der Waals surface area contributed by atoms with E-state index in [1.165, 1.54) is 37.8 Å². The van der Waals surface area contributed by atoms with E-state index in [1.54, 1.807) is 24.4 Å². The Bertz CT molecular complexity index is 1140. The number of carbonyl (C=O) groups is 1. The molecule has 31 heavy (non-hydrogen) atoms. The predicted molar refractivity (Wildman–Crippen MR) is 123 cm³/mol. The third kappa shape index (κ3) is 3.16. The van der Waals surface area contributed by atoms with E-state index < -0.39 is 0 Å². The molecule has 1 aliphatic carbocycles. The van der Waals surface area contributed by atoms with E-state index in [1.807, 2.05) is 4.90 Å². The number of likely N-dealkylation sites (tertiary alicyclic amines) is 1. The molecule has 0 unspecified atom stereocenters. The molecule has 4 heterocycles. The summed E-state index contributed by atoms with van der Waals surface area (Å²) < 4.78 is 0. The van der Waals surface area contributed by atoms with Gasteiger partial charge in [-0.3, -0.25) is 14.5 Å². The average Bonchev–Trinajstić information content (AvgIpc) is 2.78. The standard InChI is InChI=1S/C25H28ClN3O2/c26-18-6-7-19-21(12-18)27-13-20(24(19)30)25(31)29-9-3-4-15-10-16-11-17(23(15)29)14-28-8-2-1-5-22(16)28/h6-7,10,12-13,16-17,22-23H,1-5,8-9,11,14H2,(H,27,30)/t16-,17+,22-,23-/m0/s1. The summed E-state index contributed by atoms with van der Waals surface area (Å²) in [4.78, 5) is 34.6. The van der Waals surface area contributed by atoms with Crippen molar-refractivity contribution in [2.45, 2.75) is 50.6 Å². The van der Waals surface area contributed by atoms with Crippen molar-refractivity contribution in [3.05, 3.63) is 56.9 Å². The number of halogens is 1. The Morgan fingerprint density at radius 1 is 1.16 bits per heavy atom. The molecule has 1 N–H and O–H groups in total. The molecule has 5 nitrogen and oxygen atoms in total. The molecule has 6 heteroatoms. The van der Waals surface area contributed by atoms with Crippen molar-refractivity contribution in [2.75, 3.05) is 19.6 Å². The molecule has 0 spiro atoms. The number of rotatable bonds is 1. The van der Waals surface area contributed by atoms with Crippen molar-refractivity contribution in [3.8, 4) is 0 Å². The number of nitrogens with one attached hydrogen (secondary N) is 1. The highest BCUT2D eigenvalue weighted by Crippen LogP contribution is 2.45. The van der Waals surface area contributed by atoms with E-state index in [9.17, 15) is 9.59 Å². The number of aromatic nitrogens is 1. The van der Waals surface area contributed by atoms with Crippen LogP contribution in [0.15, 0.2) is 40.8 Å². The van der Waals surface area contributed by atoms with Crippen molar-refractivity contribution in [1.29, 1.82) is 0 Å². The molecule has 2 aromatic rings. The third-order valence-electron chi connectivity index (χ3n) is 7.99. The lowest BCUT2D eigenvalue weighted by atomic mass is 9.68. The topological polar surface area (TPSA) is 56.4 Å². The van der Waals surface area contributed by atoms with E-state index in [4.69, 9.17) is 11.6 Å². The molecular formula is C25H28ClN3O2. The van der Waals surface area contributed by atoms with Crippen LogP contribution in [0.3, 0.4) is 0 Å². The van der Waals surface area contributed by atoms with Gasteiger partial charge in [0, 0.05) is 35.7 Å². The van der Waals surface area contributed by atoms with E-state index in [2.05, 4.69) is 16.0 Å². The van der Waals surface area contributed by atoms with Crippen LogP contribution >= 0.6 is 11.6 Å². The van der Waals surface area contributed by atoms with Gasteiger partial charge in [-0.2, -0.15) is 0 Å². The van der Waals surface area contributed by atoms with Crippen LogP contribution in [0.25, 0.3) is 10.9 Å². The first-order chi connectivity index (χ1) is 15.1. The summed E-state index contributed by atoms with van der Waals surface area (Å²) in [5.74, 6) is 0.976. The summed E-state index contributed by atoms with van der Waals surface area (Å²) in [6.07, 6.45) is 11.3. The van der Waals surface area contributed by atoms with Crippen molar-refractivity contribution >= 4 is 28.4 Å². The first-order valence-electron chi connectivity index (χ1n) is 11.7. The van der Waals surface area contributed by atoms with E-state index in [0.717, 1.165) is 25.9 Å². The Morgan fingerprint density at radius 2 is 2.06 bits per heavy atom. The van der Waals surface area contributed by atoms with Gasteiger partial charge in [0.1, 0.15) is 5.56 Å². The normalized spacial score (nSPS) is 30.5. The van der Waals surface area contributed by atoms with Crippen molar-refractivity contribution in [2.24, 2.45) is 11.8 Å². The van der Waals surface area contributed by atoms with Crippen LogP contribution in [0.2, 0.25) is 5.02 Å². The summed E-state index contributed by atoms with van der Waals surface area (Å²) in [6.45, 7) is 3.00. The lowest BCUT2D eigenvalue weighted by Crippen LogP contribution is -2.60. The number of carbonyl (C=O) groups excluding carboxylic acids is 1. The summed E-state index contributed by atoms with van der Waals surface area (Å²) in [7, 11) is 0. The molecule has 4 aliphatic rings. The minimum Gasteiger partial charge on any atom is -0.360 e. The zero-order chi connectivity index (χ0) is 21.1. The molecular weight excluding hydrogens is 410 g/mol. The molecule has 3 aliphatic heterocycles. The molecule has 3 fully saturated rings. The zero-order valence-corrected chi connectivity index (χ0v) is 18.4. The van der Waals surface area contributed by atoms with Crippen molar-refractivity contribution in [3.63, 3.8) is 0 Å². The Labute approximate surface area is 187 Å². The molecule has 1 aromatic carbocycles. The molecule has 6 rings (SSSR count). The summed E-state index contributed by atoms with van der Waals surface area (Å²) >= 11 is 6.06. The zero-order valence-electron chi connectivity index (χ0n) is 17.6. The highest BCUT2D eigenvalue weighted by molar-refractivity contribution is 6.31. The number of nitrogens with zero attached hydrogens (tertiary/aromatic N) is 2. The summed E-state index contributed by atoms with van der Waals surface area (Å²) in [5.41, 5.74) is 2.14.